The second-order valence-electron chi connectivity index (χ2n) is 5.32. The molecule has 24 heavy (non-hydrogen) atoms. The number of carbonyl (C=O) groups excluding carboxylic acids is 1. The standard InChI is InChI=1S/C18H21NO4S/c1-4-19(5-2)24(21,22)17-8-6-7-15(13-17)18(20)23-16-11-9-14(3)10-12-16/h6-13H,4-5H2,1-3H3. The van der Waals surface area contributed by atoms with Crippen LogP contribution in [0.25, 0.3) is 0 Å². The van der Waals surface area contributed by atoms with Gasteiger partial charge >= 0.3 is 5.97 Å². The fourth-order valence-corrected chi connectivity index (χ4v) is 3.77. The first kappa shape index (κ1) is 18.2. The number of hydrogen-bond acceptors (Lipinski definition) is 4. The van der Waals surface area contributed by atoms with Crippen LogP contribution in [0.2, 0.25) is 0 Å². The van der Waals surface area contributed by atoms with Crippen molar-refractivity contribution in [2.45, 2.75) is 25.7 Å². The number of aryl methyl sites for hydroxylation is 1. The summed E-state index contributed by atoms with van der Waals surface area (Å²) >= 11 is 0. The third-order valence-electron chi connectivity index (χ3n) is 3.64. The predicted octanol–water partition coefficient (Wildman–Crippen LogP) is 3.24. The lowest BCUT2D eigenvalue weighted by atomic mass is 10.2. The number of ether oxygens (including phenoxy) is 1. The van der Waals surface area contributed by atoms with Crippen molar-refractivity contribution in [3.05, 3.63) is 59.7 Å². The lowest BCUT2D eigenvalue weighted by Crippen LogP contribution is -2.30. The largest absolute Gasteiger partial charge is 0.423 e. The summed E-state index contributed by atoms with van der Waals surface area (Å²) in [4.78, 5) is 12.3. The molecule has 5 nitrogen and oxygen atoms in total. The zero-order valence-corrected chi connectivity index (χ0v) is 14.8. The van der Waals surface area contributed by atoms with Crippen LogP contribution < -0.4 is 4.74 Å². The van der Waals surface area contributed by atoms with Gasteiger partial charge in [0.25, 0.3) is 0 Å². The van der Waals surface area contributed by atoms with Crippen LogP contribution in [0.3, 0.4) is 0 Å². The molecule has 0 heterocycles. The minimum atomic E-state index is -3.61. The molecule has 6 heteroatoms. The molecule has 0 aliphatic carbocycles. The molecule has 128 valence electrons. The zero-order valence-electron chi connectivity index (χ0n) is 14.0. The molecule has 0 unspecified atom stereocenters. The topological polar surface area (TPSA) is 63.7 Å². The van der Waals surface area contributed by atoms with Crippen LogP contribution in [0.4, 0.5) is 0 Å². The van der Waals surface area contributed by atoms with E-state index in [1.54, 1.807) is 32.0 Å². The van der Waals surface area contributed by atoms with Gasteiger partial charge in [0.15, 0.2) is 0 Å². The van der Waals surface area contributed by atoms with Crippen molar-refractivity contribution < 1.29 is 17.9 Å². The molecule has 0 aliphatic rings. The lowest BCUT2D eigenvalue weighted by Gasteiger charge is -2.18. The number of nitrogens with zero attached hydrogens (tertiary/aromatic N) is 1. The summed E-state index contributed by atoms with van der Waals surface area (Å²) in [6.45, 7) is 6.23. The van der Waals surface area contributed by atoms with Gasteiger partial charge in [0, 0.05) is 13.1 Å². The molecule has 0 saturated carbocycles. The molecule has 0 aliphatic heterocycles. The molecule has 0 fully saturated rings. The van der Waals surface area contributed by atoms with Gasteiger partial charge < -0.3 is 4.74 Å². The molecule has 0 spiro atoms. The number of carbonyl (C=O) groups is 1. The maximum absolute atomic E-state index is 12.5. The SMILES string of the molecule is CCN(CC)S(=O)(=O)c1cccc(C(=O)Oc2ccc(C)cc2)c1. The minimum absolute atomic E-state index is 0.0876. The lowest BCUT2D eigenvalue weighted by molar-refractivity contribution is 0.0734. The van der Waals surface area contributed by atoms with Gasteiger partial charge in [-0.25, -0.2) is 13.2 Å². The van der Waals surface area contributed by atoms with E-state index in [0.717, 1.165) is 5.56 Å². The van der Waals surface area contributed by atoms with Gasteiger partial charge in [-0.3, -0.25) is 0 Å². The average molecular weight is 347 g/mol. The Morgan fingerprint density at radius 3 is 2.25 bits per heavy atom. The highest BCUT2D eigenvalue weighted by Crippen LogP contribution is 2.19. The molecule has 0 aromatic heterocycles. The minimum Gasteiger partial charge on any atom is -0.423 e. The van der Waals surface area contributed by atoms with E-state index in [1.807, 2.05) is 19.1 Å². The second kappa shape index (κ2) is 7.59. The first-order chi connectivity index (χ1) is 11.4. The monoisotopic (exact) mass is 347 g/mol. The summed E-state index contributed by atoms with van der Waals surface area (Å²) in [6.07, 6.45) is 0. The van der Waals surface area contributed by atoms with Gasteiger partial charge in [0.1, 0.15) is 5.75 Å². The van der Waals surface area contributed by atoms with Crippen molar-refractivity contribution >= 4 is 16.0 Å². The zero-order chi connectivity index (χ0) is 17.7. The summed E-state index contributed by atoms with van der Waals surface area (Å²) in [6, 6.07) is 13.0. The third-order valence-corrected chi connectivity index (χ3v) is 5.69. The summed E-state index contributed by atoms with van der Waals surface area (Å²) < 4.78 is 31.7. The highest BCUT2D eigenvalue weighted by atomic mass is 32.2. The summed E-state index contributed by atoms with van der Waals surface area (Å²) in [7, 11) is -3.61. The molecule has 0 amide bonds. The number of benzene rings is 2. The average Bonchev–Trinajstić information content (AvgIpc) is 2.58. The molecule has 0 radical (unpaired) electrons. The first-order valence-electron chi connectivity index (χ1n) is 7.77. The molecule has 0 atom stereocenters. The van der Waals surface area contributed by atoms with Gasteiger partial charge in [-0.1, -0.05) is 37.6 Å². The van der Waals surface area contributed by atoms with Gasteiger partial charge in [0.05, 0.1) is 10.5 Å². The highest BCUT2D eigenvalue weighted by Gasteiger charge is 2.22. The summed E-state index contributed by atoms with van der Waals surface area (Å²) in [5.74, 6) is -0.168. The van der Waals surface area contributed by atoms with Crippen molar-refractivity contribution in [1.29, 1.82) is 0 Å². The quantitative estimate of drug-likeness (QED) is 0.594. The Bertz CT molecular complexity index is 809. The van der Waals surface area contributed by atoms with Gasteiger partial charge in [-0.05, 0) is 37.3 Å². The Labute approximate surface area is 142 Å². The molecule has 2 aromatic carbocycles. The number of hydrogen-bond donors (Lipinski definition) is 0. The van der Waals surface area contributed by atoms with Crippen LogP contribution in [-0.2, 0) is 10.0 Å². The Hall–Kier alpha value is -2.18. The second-order valence-corrected chi connectivity index (χ2v) is 7.26. The fourth-order valence-electron chi connectivity index (χ4n) is 2.27. The number of esters is 1. The highest BCUT2D eigenvalue weighted by molar-refractivity contribution is 7.89. The summed E-state index contributed by atoms with van der Waals surface area (Å²) in [5, 5.41) is 0. The van der Waals surface area contributed by atoms with E-state index in [1.165, 1.54) is 22.5 Å². The molecule has 0 bridgehead atoms. The van der Waals surface area contributed by atoms with Gasteiger partial charge in [-0.15, -0.1) is 0 Å². The molecule has 0 N–H and O–H groups in total. The van der Waals surface area contributed by atoms with E-state index in [4.69, 9.17) is 4.74 Å². The van der Waals surface area contributed by atoms with E-state index in [0.29, 0.717) is 18.8 Å². The molecule has 0 saturated heterocycles. The summed E-state index contributed by atoms with van der Waals surface area (Å²) in [5.41, 5.74) is 1.26. The van der Waals surface area contributed by atoms with Crippen LogP contribution in [0.5, 0.6) is 5.75 Å². The van der Waals surface area contributed by atoms with Gasteiger partial charge in [0.2, 0.25) is 10.0 Å². The van der Waals surface area contributed by atoms with Crippen LogP contribution >= 0.6 is 0 Å². The predicted molar refractivity (Wildman–Crippen MR) is 92.7 cm³/mol. The third kappa shape index (κ3) is 4.01. The van der Waals surface area contributed by atoms with Crippen LogP contribution in [0.1, 0.15) is 29.8 Å². The van der Waals surface area contributed by atoms with Crippen molar-refractivity contribution in [2.24, 2.45) is 0 Å². The van der Waals surface area contributed by atoms with E-state index in [9.17, 15) is 13.2 Å². The molecule has 2 aromatic rings. The van der Waals surface area contributed by atoms with Crippen molar-refractivity contribution in [1.82, 2.24) is 4.31 Å². The van der Waals surface area contributed by atoms with E-state index >= 15 is 0 Å². The number of sulfonamides is 1. The Kier molecular flexibility index (Phi) is 5.75. The van der Waals surface area contributed by atoms with Crippen LogP contribution in [0, 0.1) is 6.92 Å². The van der Waals surface area contributed by atoms with Crippen molar-refractivity contribution in [3.63, 3.8) is 0 Å². The molecular formula is C18H21NO4S. The van der Waals surface area contributed by atoms with Crippen molar-refractivity contribution in [3.8, 4) is 5.75 Å². The van der Waals surface area contributed by atoms with E-state index in [-0.39, 0.29) is 10.5 Å². The van der Waals surface area contributed by atoms with Crippen LogP contribution in [0.15, 0.2) is 53.4 Å². The number of rotatable bonds is 6. The maximum atomic E-state index is 12.5. The maximum Gasteiger partial charge on any atom is 0.343 e. The normalized spacial score (nSPS) is 11.5. The first-order valence-corrected chi connectivity index (χ1v) is 9.21. The van der Waals surface area contributed by atoms with Crippen molar-refractivity contribution in [2.75, 3.05) is 13.1 Å². The molecular weight excluding hydrogens is 326 g/mol. The Morgan fingerprint density at radius 2 is 1.67 bits per heavy atom. The van der Waals surface area contributed by atoms with Gasteiger partial charge in [-0.2, -0.15) is 4.31 Å². The van der Waals surface area contributed by atoms with E-state index in [2.05, 4.69) is 0 Å². The fraction of sp³-hybridized carbons (Fsp3) is 0.278. The molecule has 2 rings (SSSR count). The van der Waals surface area contributed by atoms with Crippen LogP contribution in [-0.4, -0.2) is 31.8 Å². The Morgan fingerprint density at radius 1 is 1.04 bits per heavy atom. The Balaban J connectivity index is 2.26. The van der Waals surface area contributed by atoms with E-state index < -0.39 is 16.0 Å². The smallest absolute Gasteiger partial charge is 0.343 e.